The van der Waals surface area contributed by atoms with E-state index in [1.807, 2.05) is 0 Å². The summed E-state index contributed by atoms with van der Waals surface area (Å²) in [5, 5.41) is 0. The van der Waals surface area contributed by atoms with Crippen molar-refractivity contribution >= 4 is 5.96 Å². The van der Waals surface area contributed by atoms with Gasteiger partial charge >= 0.3 is 5.96 Å². The first-order valence-electron chi connectivity index (χ1n) is 5.01. The highest BCUT2D eigenvalue weighted by atomic mass is 15.4. The van der Waals surface area contributed by atoms with Crippen LogP contribution in [0.4, 0.5) is 0 Å². The number of hydrogen-bond donors (Lipinski definition) is 0. The Morgan fingerprint density at radius 2 is 1.69 bits per heavy atom. The minimum atomic E-state index is 1.07. The second-order valence-corrected chi connectivity index (χ2v) is 3.67. The van der Waals surface area contributed by atoms with Gasteiger partial charge in [0.05, 0.1) is 41.3 Å². The Bertz CT molecular complexity index is 169. The molecular weight excluding hydrogens is 162 g/mol. The van der Waals surface area contributed by atoms with E-state index >= 15 is 0 Å². The molecule has 78 valence electrons. The molecule has 0 N–H and O–H groups in total. The average molecular weight is 186 g/mol. The Morgan fingerprint density at radius 3 is 1.92 bits per heavy atom. The summed E-state index contributed by atoms with van der Waals surface area (Å²) < 4.78 is 2.17. The molecule has 0 heterocycles. The summed E-state index contributed by atoms with van der Waals surface area (Å²) in [6.07, 6.45) is 1.19. The van der Waals surface area contributed by atoms with Crippen LogP contribution in [0.15, 0.2) is 0 Å². The van der Waals surface area contributed by atoms with E-state index in [0.29, 0.717) is 0 Å². The van der Waals surface area contributed by atoms with E-state index in [9.17, 15) is 0 Å². The van der Waals surface area contributed by atoms with Gasteiger partial charge in [-0.3, -0.25) is 14.4 Å². The minimum absolute atomic E-state index is 1.07. The number of rotatable bonds is 3. The highest BCUT2D eigenvalue weighted by Gasteiger charge is 2.19. The molecule has 0 fully saturated rings. The highest BCUT2D eigenvalue weighted by Crippen LogP contribution is 1.96. The largest absolute Gasteiger partial charge is 0.349 e. The molecule has 0 saturated heterocycles. The van der Waals surface area contributed by atoms with Crippen molar-refractivity contribution in [1.29, 1.82) is 0 Å². The minimum Gasteiger partial charge on any atom is -0.270 e. The van der Waals surface area contributed by atoms with Crippen LogP contribution in [0.5, 0.6) is 0 Å². The van der Waals surface area contributed by atoms with E-state index in [1.165, 1.54) is 12.4 Å². The fourth-order valence-corrected chi connectivity index (χ4v) is 1.64. The lowest BCUT2D eigenvalue weighted by atomic mass is 10.4. The van der Waals surface area contributed by atoms with E-state index < -0.39 is 0 Å². The number of nitrogens with zero attached hydrogens (tertiary/aromatic N) is 3. The third-order valence-electron chi connectivity index (χ3n) is 1.96. The van der Waals surface area contributed by atoms with Gasteiger partial charge in [-0.05, 0) is 13.3 Å². The van der Waals surface area contributed by atoms with Crippen LogP contribution in [0.1, 0.15) is 20.3 Å². The molecule has 3 heteroatoms. The highest BCUT2D eigenvalue weighted by molar-refractivity contribution is 5.74. The van der Waals surface area contributed by atoms with Gasteiger partial charge in [-0.15, -0.1) is 0 Å². The molecule has 0 spiro atoms. The van der Waals surface area contributed by atoms with E-state index in [1.54, 1.807) is 0 Å². The third-order valence-corrected chi connectivity index (χ3v) is 1.96. The van der Waals surface area contributed by atoms with Crippen LogP contribution in [0.3, 0.4) is 0 Å². The molecule has 0 rings (SSSR count). The van der Waals surface area contributed by atoms with Crippen LogP contribution in [0.2, 0.25) is 0 Å². The van der Waals surface area contributed by atoms with Crippen molar-refractivity contribution in [2.45, 2.75) is 20.3 Å². The average Bonchev–Trinajstić information content (AvgIpc) is 2.02. The molecule has 0 bridgehead atoms. The molecule has 0 aromatic rings. The van der Waals surface area contributed by atoms with Crippen molar-refractivity contribution in [3.05, 3.63) is 0 Å². The maximum absolute atomic E-state index is 2.39. The van der Waals surface area contributed by atoms with Gasteiger partial charge in [-0.2, -0.15) is 0 Å². The zero-order valence-corrected chi connectivity index (χ0v) is 9.96. The van der Waals surface area contributed by atoms with Crippen molar-refractivity contribution in [3.8, 4) is 0 Å². The molecule has 13 heavy (non-hydrogen) atoms. The molecule has 0 unspecified atom stereocenters. The molecule has 0 aromatic carbocycles. The van der Waals surface area contributed by atoms with Gasteiger partial charge in [0.15, 0.2) is 0 Å². The van der Waals surface area contributed by atoms with Gasteiger partial charge in [-0.1, -0.05) is 6.92 Å². The fourth-order valence-electron chi connectivity index (χ4n) is 1.64. The molecule has 3 nitrogen and oxygen atoms in total. The Morgan fingerprint density at radius 1 is 1.15 bits per heavy atom. The summed E-state index contributed by atoms with van der Waals surface area (Å²) in [7, 11) is 8.36. The first-order valence-corrected chi connectivity index (χ1v) is 5.01. The SMILES string of the molecule is CCCN(CC)C(N(C)C)=[N+](C)C. The molecule has 0 aromatic heterocycles. The normalized spacial score (nSPS) is 9.69. The summed E-state index contributed by atoms with van der Waals surface area (Å²) in [5.74, 6) is 1.28. The first-order chi connectivity index (χ1) is 6.04. The Labute approximate surface area is 82.6 Å². The molecule has 0 radical (unpaired) electrons. The van der Waals surface area contributed by atoms with Gasteiger partial charge in [0.1, 0.15) is 0 Å². The summed E-state index contributed by atoms with van der Waals surface area (Å²) in [6, 6.07) is 0. The second-order valence-electron chi connectivity index (χ2n) is 3.67. The smallest absolute Gasteiger partial charge is 0.270 e. The summed E-state index contributed by atoms with van der Waals surface area (Å²) in [4.78, 5) is 4.55. The molecule has 0 amide bonds. The predicted molar refractivity (Wildman–Crippen MR) is 58.3 cm³/mol. The van der Waals surface area contributed by atoms with Crippen LogP contribution < -0.4 is 0 Å². The first kappa shape index (κ1) is 12.3. The lowest BCUT2D eigenvalue weighted by molar-refractivity contribution is -0.476. The van der Waals surface area contributed by atoms with Crippen molar-refractivity contribution in [3.63, 3.8) is 0 Å². The number of hydrogen-bond acceptors (Lipinski definition) is 0. The topological polar surface area (TPSA) is 9.49 Å². The zero-order chi connectivity index (χ0) is 10.4. The van der Waals surface area contributed by atoms with Crippen molar-refractivity contribution in [2.75, 3.05) is 41.3 Å². The lowest BCUT2D eigenvalue weighted by Gasteiger charge is -2.23. The molecule has 0 atom stereocenters. The third kappa shape index (κ3) is 3.66. The maximum atomic E-state index is 2.39. The van der Waals surface area contributed by atoms with Crippen LogP contribution in [0.25, 0.3) is 0 Å². The summed E-state index contributed by atoms with van der Waals surface area (Å²) in [5.41, 5.74) is 0. The van der Waals surface area contributed by atoms with Crippen LogP contribution >= 0.6 is 0 Å². The van der Waals surface area contributed by atoms with Crippen molar-refractivity contribution in [1.82, 2.24) is 9.80 Å². The van der Waals surface area contributed by atoms with Crippen LogP contribution in [0, 0.1) is 0 Å². The van der Waals surface area contributed by atoms with E-state index in [0.717, 1.165) is 13.1 Å². The fraction of sp³-hybridized carbons (Fsp3) is 0.900. The maximum Gasteiger partial charge on any atom is 0.349 e. The quantitative estimate of drug-likeness (QED) is 0.368. The molecule has 0 aliphatic carbocycles. The Balaban J connectivity index is 4.61. The number of guanidine groups is 1. The molecule has 0 aliphatic rings. The standard InChI is InChI=1S/C10H24N3/c1-7-9-13(8-2)10(11(3)4)12(5)6/h7-9H2,1-6H3/q+1. The summed E-state index contributed by atoms with van der Waals surface area (Å²) in [6.45, 7) is 6.61. The second kappa shape index (κ2) is 5.84. The van der Waals surface area contributed by atoms with E-state index in [2.05, 4.69) is 56.4 Å². The van der Waals surface area contributed by atoms with Crippen molar-refractivity contribution in [2.24, 2.45) is 0 Å². The van der Waals surface area contributed by atoms with Gasteiger partial charge in [0, 0.05) is 0 Å². The zero-order valence-electron chi connectivity index (χ0n) is 9.96. The van der Waals surface area contributed by atoms with Crippen molar-refractivity contribution < 1.29 is 4.58 Å². The molecule has 0 saturated carbocycles. The van der Waals surface area contributed by atoms with Crippen LogP contribution in [-0.4, -0.2) is 61.6 Å². The van der Waals surface area contributed by atoms with Gasteiger partial charge in [0.2, 0.25) is 0 Å². The van der Waals surface area contributed by atoms with Gasteiger partial charge < -0.3 is 0 Å². The Hall–Kier alpha value is -0.730. The lowest BCUT2D eigenvalue weighted by Crippen LogP contribution is -2.45. The predicted octanol–water partition coefficient (Wildman–Crippen LogP) is 0.908. The van der Waals surface area contributed by atoms with Gasteiger partial charge in [-0.25, -0.2) is 0 Å². The van der Waals surface area contributed by atoms with Gasteiger partial charge in [0.25, 0.3) is 0 Å². The monoisotopic (exact) mass is 186 g/mol. The van der Waals surface area contributed by atoms with Crippen LogP contribution in [-0.2, 0) is 0 Å². The van der Waals surface area contributed by atoms with E-state index in [4.69, 9.17) is 0 Å². The Kier molecular flexibility index (Phi) is 5.51. The molecular formula is C10H24N3+. The summed E-state index contributed by atoms with van der Waals surface area (Å²) >= 11 is 0. The van der Waals surface area contributed by atoms with E-state index in [-0.39, 0.29) is 0 Å². The molecule has 0 aliphatic heterocycles.